The van der Waals surface area contributed by atoms with E-state index in [9.17, 15) is 0 Å². The van der Waals surface area contributed by atoms with Crippen LogP contribution >= 0.6 is 11.6 Å². The van der Waals surface area contributed by atoms with Gasteiger partial charge in [-0.05, 0) is 6.92 Å². The first-order valence-electron chi connectivity index (χ1n) is 5.74. The highest BCUT2D eigenvalue weighted by molar-refractivity contribution is 6.31. The van der Waals surface area contributed by atoms with Crippen molar-refractivity contribution in [3.63, 3.8) is 0 Å². The van der Waals surface area contributed by atoms with Crippen molar-refractivity contribution in [2.24, 2.45) is 12.8 Å². The zero-order chi connectivity index (χ0) is 12.4. The van der Waals surface area contributed by atoms with E-state index in [0.717, 1.165) is 11.4 Å². The van der Waals surface area contributed by atoms with E-state index < -0.39 is 0 Å². The Morgan fingerprint density at radius 2 is 2.18 bits per heavy atom. The molecule has 96 valence electrons. The molecule has 2 N–H and O–H groups in total. The summed E-state index contributed by atoms with van der Waals surface area (Å²) in [5.41, 5.74) is 7.88. The fraction of sp³-hybridized carbons (Fsp3) is 0.727. The predicted octanol–water partition coefficient (Wildman–Crippen LogP) is 1.01. The van der Waals surface area contributed by atoms with Crippen LogP contribution in [0.1, 0.15) is 17.8 Å². The maximum Gasteiger partial charge on any atom is 0.159 e. The monoisotopic (exact) mass is 259 g/mol. The summed E-state index contributed by atoms with van der Waals surface area (Å²) in [7, 11) is 1.88. The van der Waals surface area contributed by atoms with E-state index in [1.54, 1.807) is 4.68 Å². The summed E-state index contributed by atoms with van der Waals surface area (Å²) in [5, 5.41) is 4.97. The van der Waals surface area contributed by atoms with Crippen molar-refractivity contribution < 1.29 is 9.47 Å². The van der Waals surface area contributed by atoms with Gasteiger partial charge in [-0.25, -0.2) is 0 Å². The van der Waals surface area contributed by atoms with Gasteiger partial charge in [-0.15, -0.1) is 0 Å². The Bertz CT molecular complexity index is 388. The topological polar surface area (TPSA) is 62.3 Å². The molecular formula is C11H18ClN3O2. The van der Waals surface area contributed by atoms with Gasteiger partial charge in [0.05, 0.1) is 29.6 Å². The van der Waals surface area contributed by atoms with Crippen LogP contribution in [0.25, 0.3) is 0 Å². The first kappa shape index (κ1) is 12.8. The lowest BCUT2D eigenvalue weighted by atomic mass is 10.1. The Balaban J connectivity index is 1.95. The second kappa shape index (κ2) is 5.35. The van der Waals surface area contributed by atoms with E-state index in [1.165, 1.54) is 0 Å². The maximum absolute atomic E-state index is 6.17. The number of aromatic nitrogens is 2. The van der Waals surface area contributed by atoms with Gasteiger partial charge in [0.25, 0.3) is 0 Å². The number of hydrogen-bond acceptors (Lipinski definition) is 4. The molecule has 17 heavy (non-hydrogen) atoms. The fourth-order valence-corrected chi connectivity index (χ4v) is 2.26. The fourth-order valence-electron chi connectivity index (χ4n) is 2.02. The molecule has 6 heteroatoms. The van der Waals surface area contributed by atoms with Gasteiger partial charge in [-0.3, -0.25) is 4.68 Å². The molecule has 1 unspecified atom stereocenters. The lowest BCUT2D eigenvalue weighted by Gasteiger charge is -2.15. The highest BCUT2D eigenvalue weighted by Crippen LogP contribution is 2.21. The molecular weight excluding hydrogens is 242 g/mol. The molecule has 1 aromatic heterocycles. The number of nitrogens with zero attached hydrogens (tertiary/aromatic N) is 2. The first-order valence-corrected chi connectivity index (χ1v) is 6.12. The van der Waals surface area contributed by atoms with Crippen LogP contribution in [0.3, 0.4) is 0 Å². The second-order valence-corrected chi connectivity index (χ2v) is 4.72. The molecule has 2 heterocycles. The molecule has 0 aliphatic carbocycles. The molecule has 2 rings (SSSR count). The second-order valence-electron chi connectivity index (χ2n) is 4.34. The van der Waals surface area contributed by atoms with Crippen molar-refractivity contribution >= 4 is 11.6 Å². The molecule has 1 atom stereocenters. The molecule has 1 aliphatic heterocycles. The van der Waals surface area contributed by atoms with Gasteiger partial charge in [-0.1, -0.05) is 11.6 Å². The van der Waals surface area contributed by atoms with Gasteiger partial charge >= 0.3 is 0 Å². The molecule has 0 aromatic carbocycles. The van der Waals surface area contributed by atoms with E-state index >= 15 is 0 Å². The van der Waals surface area contributed by atoms with E-state index in [-0.39, 0.29) is 12.3 Å². The van der Waals surface area contributed by atoms with E-state index in [4.69, 9.17) is 26.8 Å². The van der Waals surface area contributed by atoms with Crippen molar-refractivity contribution in [1.29, 1.82) is 0 Å². The van der Waals surface area contributed by atoms with Crippen molar-refractivity contribution in [2.45, 2.75) is 32.1 Å². The standard InChI is InChI=1S/C11H18ClN3O2/c1-7-11(12)9(15(2)14-7)5-8(13)6-10-16-3-4-17-10/h8,10H,3-6,13H2,1-2H3. The molecule has 0 bridgehead atoms. The largest absolute Gasteiger partial charge is 0.350 e. The van der Waals surface area contributed by atoms with Crippen LogP contribution in [0.2, 0.25) is 5.02 Å². The Labute approximate surface area is 106 Å². The lowest BCUT2D eigenvalue weighted by molar-refractivity contribution is -0.0505. The predicted molar refractivity (Wildman–Crippen MR) is 64.9 cm³/mol. The average molecular weight is 260 g/mol. The maximum atomic E-state index is 6.17. The molecule has 1 saturated heterocycles. The minimum absolute atomic E-state index is 0.0367. The van der Waals surface area contributed by atoms with Gasteiger partial charge in [0.1, 0.15) is 0 Å². The summed E-state index contributed by atoms with van der Waals surface area (Å²) in [4.78, 5) is 0. The number of hydrogen-bond donors (Lipinski definition) is 1. The third-order valence-electron chi connectivity index (χ3n) is 2.90. The number of ether oxygens (including phenoxy) is 2. The average Bonchev–Trinajstić information content (AvgIpc) is 2.83. The van der Waals surface area contributed by atoms with Crippen molar-refractivity contribution in [3.8, 4) is 0 Å². The molecule has 1 fully saturated rings. The molecule has 0 radical (unpaired) electrons. The summed E-state index contributed by atoms with van der Waals surface area (Å²) in [6.07, 6.45) is 1.19. The minimum Gasteiger partial charge on any atom is -0.350 e. The molecule has 0 saturated carbocycles. The summed E-state index contributed by atoms with van der Waals surface area (Å²) < 4.78 is 12.5. The molecule has 0 spiro atoms. The highest BCUT2D eigenvalue weighted by atomic mass is 35.5. The smallest absolute Gasteiger partial charge is 0.159 e. The number of halogens is 1. The Morgan fingerprint density at radius 1 is 1.53 bits per heavy atom. The van der Waals surface area contributed by atoms with Gasteiger partial charge in [0.2, 0.25) is 0 Å². The van der Waals surface area contributed by atoms with Crippen molar-refractivity contribution in [1.82, 2.24) is 9.78 Å². The van der Waals surface area contributed by atoms with Crippen LogP contribution in [-0.2, 0) is 22.9 Å². The van der Waals surface area contributed by atoms with Crippen LogP contribution in [0, 0.1) is 6.92 Å². The quantitative estimate of drug-likeness (QED) is 0.877. The van der Waals surface area contributed by atoms with E-state index in [1.807, 2.05) is 14.0 Å². The van der Waals surface area contributed by atoms with Crippen molar-refractivity contribution in [2.75, 3.05) is 13.2 Å². The minimum atomic E-state index is -0.168. The molecule has 1 aliphatic rings. The molecule has 0 amide bonds. The van der Waals surface area contributed by atoms with Crippen LogP contribution in [0.4, 0.5) is 0 Å². The number of aryl methyl sites for hydroxylation is 2. The third kappa shape index (κ3) is 2.98. The molecule has 5 nitrogen and oxygen atoms in total. The Kier molecular flexibility index (Phi) is 4.04. The Hall–Kier alpha value is -0.620. The van der Waals surface area contributed by atoms with Gasteiger partial charge in [0, 0.05) is 25.9 Å². The van der Waals surface area contributed by atoms with Gasteiger partial charge in [-0.2, -0.15) is 5.10 Å². The van der Waals surface area contributed by atoms with Gasteiger partial charge in [0.15, 0.2) is 6.29 Å². The summed E-state index contributed by atoms with van der Waals surface area (Å²) >= 11 is 6.17. The summed E-state index contributed by atoms with van der Waals surface area (Å²) in [6.45, 7) is 3.20. The number of rotatable bonds is 4. The van der Waals surface area contributed by atoms with E-state index in [0.29, 0.717) is 31.1 Å². The summed E-state index contributed by atoms with van der Waals surface area (Å²) in [6, 6.07) is -0.0367. The first-order chi connectivity index (χ1) is 8.08. The van der Waals surface area contributed by atoms with Crippen LogP contribution < -0.4 is 5.73 Å². The van der Waals surface area contributed by atoms with Crippen LogP contribution in [-0.4, -0.2) is 35.3 Å². The molecule has 1 aromatic rings. The van der Waals surface area contributed by atoms with Crippen LogP contribution in [0.15, 0.2) is 0 Å². The highest BCUT2D eigenvalue weighted by Gasteiger charge is 2.21. The Morgan fingerprint density at radius 3 is 2.71 bits per heavy atom. The summed E-state index contributed by atoms with van der Waals surface area (Å²) in [5.74, 6) is 0. The zero-order valence-electron chi connectivity index (χ0n) is 10.1. The zero-order valence-corrected chi connectivity index (χ0v) is 10.9. The normalized spacial score (nSPS) is 18.8. The SMILES string of the molecule is Cc1nn(C)c(CC(N)CC2OCCO2)c1Cl. The van der Waals surface area contributed by atoms with E-state index in [2.05, 4.69) is 5.10 Å². The lowest BCUT2D eigenvalue weighted by Crippen LogP contribution is -2.29. The third-order valence-corrected chi connectivity index (χ3v) is 3.39. The van der Waals surface area contributed by atoms with Crippen LogP contribution in [0.5, 0.6) is 0 Å². The van der Waals surface area contributed by atoms with Gasteiger partial charge < -0.3 is 15.2 Å². The van der Waals surface area contributed by atoms with Crippen molar-refractivity contribution in [3.05, 3.63) is 16.4 Å². The number of nitrogens with two attached hydrogens (primary N) is 1.